The van der Waals surface area contributed by atoms with Gasteiger partial charge in [0.1, 0.15) is 0 Å². The van der Waals surface area contributed by atoms with E-state index < -0.39 is 9.84 Å². The molecule has 1 aliphatic heterocycles. The lowest BCUT2D eigenvalue weighted by Gasteiger charge is -2.30. The molecule has 1 saturated heterocycles. The third-order valence-electron chi connectivity index (χ3n) is 6.09. The molecule has 3 heterocycles. The fourth-order valence-corrected chi connectivity index (χ4v) is 5.78. The predicted molar refractivity (Wildman–Crippen MR) is 135 cm³/mol. The van der Waals surface area contributed by atoms with Crippen molar-refractivity contribution in [3.8, 4) is 0 Å². The van der Waals surface area contributed by atoms with E-state index in [0.717, 1.165) is 13.1 Å². The number of carbonyl (C=O) groups excluding carboxylic acids is 1. The average Bonchev–Trinajstić information content (AvgIpc) is 3.53. The van der Waals surface area contributed by atoms with Gasteiger partial charge in [-0.05, 0) is 23.6 Å². The van der Waals surface area contributed by atoms with E-state index in [9.17, 15) is 13.2 Å². The molecule has 36 heavy (non-hydrogen) atoms. The summed E-state index contributed by atoms with van der Waals surface area (Å²) < 4.78 is 39.3. The van der Waals surface area contributed by atoms with Gasteiger partial charge in [0.2, 0.25) is 15.0 Å². The van der Waals surface area contributed by atoms with Crippen LogP contribution in [-0.4, -0.2) is 73.1 Å². The number of benzene rings is 1. The summed E-state index contributed by atoms with van der Waals surface area (Å²) in [7, 11) is -3.69. The molecule has 0 spiro atoms. The zero-order valence-electron chi connectivity index (χ0n) is 20.9. The number of ether oxygens (including phenoxy) is 1. The highest BCUT2D eigenvalue weighted by atomic mass is 32.2. The Morgan fingerprint density at radius 2 is 1.86 bits per heavy atom. The van der Waals surface area contributed by atoms with Gasteiger partial charge in [-0.2, -0.15) is 0 Å². The van der Waals surface area contributed by atoms with Gasteiger partial charge in [-0.1, -0.05) is 44.2 Å². The molecule has 0 radical (unpaired) electrons. The van der Waals surface area contributed by atoms with Crippen LogP contribution in [0.4, 0.5) is 0 Å². The Morgan fingerprint density at radius 1 is 1.11 bits per heavy atom. The zero-order chi connectivity index (χ0) is 25.5. The fourth-order valence-electron chi connectivity index (χ4n) is 4.28. The van der Waals surface area contributed by atoms with Crippen molar-refractivity contribution in [1.82, 2.24) is 19.4 Å². The summed E-state index contributed by atoms with van der Waals surface area (Å²) in [6, 6.07) is 12.4. The van der Waals surface area contributed by atoms with Crippen molar-refractivity contribution in [3.63, 3.8) is 0 Å². The second-order valence-corrected chi connectivity index (χ2v) is 11.3. The molecular weight excluding hydrogens is 480 g/mol. The quantitative estimate of drug-likeness (QED) is 0.388. The Bertz CT molecular complexity index is 1220. The van der Waals surface area contributed by atoms with Gasteiger partial charge in [0.05, 0.1) is 43.7 Å². The molecule has 0 bridgehead atoms. The lowest BCUT2D eigenvalue weighted by molar-refractivity contribution is 0.0314. The van der Waals surface area contributed by atoms with Crippen molar-refractivity contribution in [2.45, 2.75) is 37.8 Å². The van der Waals surface area contributed by atoms with Crippen LogP contribution in [0.3, 0.4) is 0 Å². The molecule has 9 nitrogen and oxygen atoms in total. The van der Waals surface area contributed by atoms with E-state index in [1.165, 1.54) is 6.26 Å². The molecule has 10 heteroatoms. The van der Waals surface area contributed by atoms with Crippen LogP contribution in [0.1, 0.15) is 35.7 Å². The van der Waals surface area contributed by atoms with E-state index in [1.807, 2.05) is 32.0 Å². The first-order valence-electron chi connectivity index (χ1n) is 12.3. The number of furan rings is 1. The standard InChI is InChI=1S/C26H34N4O5S/c1-21(2)18-30-23(17-27-26(30)36(32,33)20-22-7-4-3-5-8-22)19-29(25(31)24-9-6-14-35-24)11-10-28-12-15-34-16-13-28/h3-9,14,17,21H,10-13,15-16,18-20H2,1-2H3. The van der Waals surface area contributed by atoms with Crippen LogP contribution >= 0.6 is 0 Å². The van der Waals surface area contributed by atoms with Crippen LogP contribution in [0.25, 0.3) is 0 Å². The van der Waals surface area contributed by atoms with E-state index in [-0.39, 0.29) is 35.0 Å². The SMILES string of the molecule is CC(C)Cn1c(CN(CCN2CCOCC2)C(=O)c2ccco2)cnc1S(=O)(=O)Cc1ccccc1. The summed E-state index contributed by atoms with van der Waals surface area (Å²) in [5.74, 6) is 0.0725. The smallest absolute Gasteiger partial charge is 0.289 e. The number of rotatable bonds is 11. The molecule has 0 saturated carbocycles. The molecule has 0 aliphatic carbocycles. The second-order valence-electron chi connectivity index (χ2n) is 9.44. The number of hydrogen-bond donors (Lipinski definition) is 0. The first-order chi connectivity index (χ1) is 17.3. The molecule has 0 unspecified atom stereocenters. The normalized spacial score (nSPS) is 14.9. The maximum Gasteiger partial charge on any atom is 0.289 e. The number of carbonyl (C=O) groups is 1. The first-order valence-corrected chi connectivity index (χ1v) is 13.9. The molecule has 2 aromatic heterocycles. The molecule has 1 aliphatic rings. The number of imidazole rings is 1. The molecule has 3 aromatic rings. The molecule has 4 rings (SSSR count). The van der Waals surface area contributed by atoms with E-state index in [2.05, 4.69) is 9.88 Å². The largest absolute Gasteiger partial charge is 0.459 e. The third kappa shape index (κ3) is 6.63. The Labute approximate surface area is 212 Å². The molecule has 1 aromatic carbocycles. The summed E-state index contributed by atoms with van der Waals surface area (Å²) in [6.07, 6.45) is 3.06. The number of morpholine rings is 1. The predicted octanol–water partition coefficient (Wildman–Crippen LogP) is 3.08. The van der Waals surface area contributed by atoms with Crippen LogP contribution in [-0.2, 0) is 33.4 Å². The number of aromatic nitrogens is 2. The topological polar surface area (TPSA) is 97.9 Å². The molecule has 194 valence electrons. The lowest BCUT2D eigenvalue weighted by atomic mass is 10.2. The highest BCUT2D eigenvalue weighted by Gasteiger charge is 2.27. The lowest BCUT2D eigenvalue weighted by Crippen LogP contribution is -2.43. The van der Waals surface area contributed by atoms with Gasteiger partial charge < -0.3 is 18.6 Å². The maximum absolute atomic E-state index is 13.4. The van der Waals surface area contributed by atoms with Crippen molar-refractivity contribution < 1.29 is 22.4 Å². The van der Waals surface area contributed by atoms with Gasteiger partial charge in [0.15, 0.2) is 5.76 Å². The Kier molecular flexibility index (Phi) is 8.60. The minimum atomic E-state index is -3.69. The maximum atomic E-state index is 13.4. The van der Waals surface area contributed by atoms with Crippen LogP contribution in [0.2, 0.25) is 0 Å². The molecule has 0 N–H and O–H groups in total. The van der Waals surface area contributed by atoms with Gasteiger partial charge in [-0.25, -0.2) is 13.4 Å². The summed E-state index contributed by atoms with van der Waals surface area (Å²) in [4.78, 5) is 21.6. The van der Waals surface area contributed by atoms with Gasteiger partial charge >= 0.3 is 0 Å². The number of sulfone groups is 1. The summed E-state index contributed by atoms with van der Waals surface area (Å²) in [5.41, 5.74) is 1.38. The van der Waals surface area contributed by atoms with Gasteiger partial charge in [0.25, 0.3) is 5.91 Å². The fraction of sp³-hybridized carbons (Fsp3) is 0.462. The van der Waals surface area contributed by atoms with E-state index in [4.69, 9.17) is 9.15 Å². The van der Waals surface area contributed by atoms with Crippen molar-refractivity contribution >= 4 is 15.7 Å². The summed E-state index contributed by atoms with van der Waals surface area (Å²) in [5, 5.41) is 0.0358. The van der Waals surface area contributed by atoms with E-state index in [0.29, 0.717) is 44.1 Å². The molecule has 0 atom stereocenters. The van der Waals surface area contributed by atoms with Crippen LogP contribution in [0, 0.1) is 5.92 Å². The van der Waals surface area contributed by atoms with E-state index >= 15 is 0 Å². The van der Waals surface area contributed by atoms with Gasteiger partial charge in [-0.3, -0.25) is 9.69 Å². The van der Waals surface area contributed by atoms with Crippen LogP contribution in [0.5, 0.6) is 0 Å². The minimum absolute atomic E-state index is 0.0358. The third-order valence-corrected chi connectivity index (χ3v) is 7.68. The molecular formula is C26H34N4O5S. The number of amides is 1. The summed E-state index contributed by atoms with van der Waals surface area (Å²) in [6.45, 7) is 8.90. The average molecular weight is 515 g/mol. The van der Waals surface area contributed by atoms with Crippen LogP contribution in [0.15, 0.2) is 64.5 Å². The van der Waals surface area contributed by atoms with Crippen molar-refractivity contribution in [1.29, 1.82) is 0 Å². The highest BCUT2D eigenvalue weighted by Crippen LogP contribution is 2.21. The van der Waals surface area contributed by atoms with Gasteiger partial charge in [-0.15, -0.1) is 0 Å². The Morgan fingerprint density at radius 3 is 2.53 bits per heavy atom. The number of nitrogens with zero attached hydrogens (tertiary/aromatic N) is 4. The Hall–Kier alpha value is -2.95. The minimum Gasteiger partial charge on any atom is -0.459 e. The second kappa shape index (κ2) is 11.9. The highest BCUT2D eigenvalue weighted by molar-refractivity contribution is 7.90. The number of hydrogen-bond acceptors (Lipinski definition) is 7. The monoisotopic (exact) mass is 514 g/mol. The van der Waals surface area contributed by atoms with Gasteiger partial charge in [0, 0.05) is 32.7 Å². The van der Waals surface area contributed by atoms with Crippen LogP contribution < -0.4 is 0 Å². The zero-order valence-corrected chi connectivity index (χ0v) is 21.7. The van der Waals surface area contributed by atoms with Crippen molar-refractivity contribution in [2.24, 2.45) is 5.92 Å². The van der Waals surface area contributed by atoms with Crippen molar-refractivity contribution in [2.75, 3.05) is 39.4 Å². The molecule has 1 fully saturated rings. The first kappa shape index (κ1) is 26.1. The van der Waals surface area contributed by atoms with Crippen molar-refractivity contribution in [3.05, 3.63) is 71.9 Å². The summed E-state index contributed by atoms with van der Waals surface area (Å²) >= 11 is 0. The van der Waals surface area contributed by atoms with E-state index in [1.54, 1.807) is 39.9 Å². The Balaban J connectivity index is 1.60. The molecule has 1 amide bonds.